The Morgan fingerprint density at radius 3 is 2.25 bits per heavy atom. The first-order chi connectivity index (χ1) is 9.21. The minimum atomic E-state index is -0.628. The van der Waals surface area contributed by atoms with Gasteiger partial charge in [0.15, 0.2) is 0 Å². The van der Waals surface area contributed by atoms with Crippen LogP contribution in [0.15, 0.2) is 0 Å². The fourth-order valence-corrected chi connectivity index (χ4v) is 1.56. The Bertz CT molecular complexity index is 309. The zero-order valence-corrected chi connectivity index (χ0v) is 13.6. The lowest BCUT2D eigenvalue weighted by Crippen LogP contribution is -2.48. The molecule has 118 valence electrons. The molecule has 1 N–H and O–H groups in total. The normalized spacial score (nSPS) is 14.5. The Morgan fingerprint density at radius 2 is 1.80 bits per heavy atom. The molecule has 0 saturated carbocycles. The van der Waals surface area contributed by atoms with E-state index in [9.17, 15) is 9.59 Å². The molecule has 0 fully saturated rings. The predicted octanol–water partition coefficient (Wildman–Crippen LogP) is 2.29. The maximum atomic E-state index is 12.1. The van der Waals surface area contributed by atoms with E-state index in [0.717, 1.165) is 12.8 Å². The van der Waals surface area contributed by atoms with Crippen molar-refractivity contribution in [3.63, 3.8) is 0 Å². The number of hydrogen-bond donors (Lipinski definition) is 1. The number of nitrogens with one attached hydrogen (secondary N) is 1. The van der Waals surface area contributed by atoms with E-state index in [0.29, 0.717) is 6.61 Å². The SMILES string of the molecule is CCCOCC(=O)N[C@H](C(=O)OC(C)(C)C)[C@@H](C)CC. The second-order valence-electron chi connectivity index (χ2n) is 6.02. The molecule has 0 rings (SSSR count). The van der Waals surface area contributed by atoms with E-state index in [2.05, 4.69) is 5.32 Å². The number of amides is 1. The van der Waals surface area contributed by atoms with Crippen LogP contribution in [-0.2, 0) is 19.1 Å². The summed E-state index contributed by atoms with van der Waals surface area (Å²) in [6, 6.07) is -0.628. The third-order valence-corrected chi connectivity index (χ3v) is 2.77. The highest BCUT2D eigenvalue weighted by atomic mass is 16.6. The van der Waals surface area contributed by atoms with Gasteiger partial charge >= 0.3 is 5.97 Å². The summed E-state index contributed by atoms with van der Waals surface area (Å²) in [4.78, 5) is 23.9. The minimum Gasteiger partial charge on any atom is -0.458 e. The molecule has 2 atom stereocenters. The van der Waals surface area contributed by atoms with Gasteiger partial charge in [-0.1, -0.05) is 27.2 Å². The Hall–Kier alpha value is -1.10. The van der Waals surface area contributed by atoms with Crippen LogP contribution in [0.4, 0.5) is 0 Å². The maximum Gasteiger partial charge on any atom is 0.329 e. The number of hydrogen-bond acceptors (Lipinski definition) is 4. The van der Waals surface area contributed by atoms with Gasteiger partial charge in [-0.2, -0.15) is 0 Å². The van der Waals surface area contributed by atoms with Gasteiger partial charge in [-0.25, -0.2) is 4.79 Å². The number of ether oxygens (including phenoxy) is 2. The lowest BCUT2D eigenvalue weighted by Gasteiger charge is -2.27. The molecule has 0 aliphatic rings. The monoisotopic (exact) mass is 287 g/mol. The number of esters is 1. The second kappa shape index (κ2) is 8.95. The summed E-state index contributed by atoms with van der Waals surface area (Å²) in [5, 5.41) is 2.71. The summed E-state index contributed by atoms with van der Waals surface area (Å²) in [6.07, 6.45) is 1.63. The van der Waals surface area contributed by atoms with Gasteiger partial charge in [-0.05, 0) is 33.1 Å². The molecule has 5 nitrogen and oxygen atoms in total. The van der Waals surface area contributed by atoms with E-state index in [4.69, 9.17) is 9.47 Å². The third-order valence-electron chi connectivity index (χ3n) is 2.77. The summed E-state index contributed by atoms with van der Waals surface area (Å²) in [6.45, 7) is 11.8. The third kappa shape index (κ3) is 8.15. The molecule has 0 heterocycles. The Balaban J connectivity index is 4.57. The van der Waals surface area contributed by atoms with E-state index in [1.807, 2.05) is 41.5 Å². The minimum absolute atomic E-state index is 0.0139. The van der Waals surface area contributed by atoms with Crippen LogP contribution in [0.25, 0.3) is 0 Å². The fourth-order valence-electron chi connectivity index (χ4n) is 1.56. The first-order valence-corrected chi connectivity index (χ1v) is 7.31. The first kappa shape index (κ1) is 18.9. The molecule has 0 radical (unpaired) electrons. The molecule has 0 spiro atoms. The molecule has 0 aromatic carbocycles. The van der Waals surface area contributed by atoms with Gasteiger partial charge in [0.1, 0.15) is 18.2 Å². The largest absolute Gasteiger partial charge is 0.458 e. The van der Waals surface area contributed by atoms with Crippen LogP contribution in [-0.4, -0.2) is 36.7 Å². The zero-order chi connectivity index (χ0) is 15.8. The highest BCUT2D eigenvalue weighted by Crippen LogP contribution is 2.14. The van der Waals surface area contributed by atoms with Crippen LogP contribution in [0.1, 0.15) is 54.4 Å². The fraction of sp³-hybridized carbons (Fsp3) is 0.867. The van der Waals surface area contributed by atoms with Crippen molar-refractivity contribution >= 4 is 11.9 Å². The van der Waals surface area contributed by atoms with Crippen LogP contribution >= 0.6 is 0 Å². The van der Waals surface area contributed by atoms with Crippen LogP contribution in [0.2, 0.25) is 0 Å². The molecule has 20 heavy (non-hydrogen) atoms. The molecule has 1 amide bonds. The summed E-state index contributed by atoms with van der Waals surface area (Å²) < 4.78 is 10.5. The molecular weight excluding hydrogens is 258 g/mol. The second-order valence-corrected chi connectivity index (χ2v) is 6.02. The van der Waals surface area contributed by atoms with Crippen molar-refractivity contribution in [1.29, 1.82) is 0 Å². The van der Waals surface area contributed by atoms with Gasteiger partial charge in [-0.15, -0.1) is 0 Å². The molecule has 0 saturated heterocycles. The summed E-state index contributed by atoms with van der Waals surface area (Å²) in [7, 11) is 0. The lowest BCUT2D eigenvalue weighted by molar-refractivity contribution is -0.160. The molecule has 5 heteroatoms. The van der Waals surface area contributed by atoms with Crippen molar-refractivity contribution < 1.29 is 19.1 Å². The van der Waals surface area contributed by atoms with Gasteiger partial charge in [0.05, 0.1) is 0 Å². The van der Waals surface area contributed by atoms with Crippen molar-refractivity contribution in [2.75, 3.05) is 13.2 Å². The summed E-state index contributed by atoms with van der Waals surface area (Å²) in [5.41, 5.74) is -0.563. The smallest absolute Gasteiger partial charge is 0.329 e. The topological polar surface area (TPSA) is 64.6 Å². The Labute approximate surface area is 122 Å². The highest BCUT2D eigenvalue weighted by Gasteiger charge is 2.30. The van der Waals surface area contributed by atoms with Gasteiger partial charge in [-0.3, -0.25) is 4.79 Å². The van der Waals surface area contributed by atoms with Crippen molar-refractivity contribution in [2.45, 2.75) is 66.0 Å². The molecule has 0 aliphatic carbocycles. The average Bonchev–Trinajstić information content (AvgIpc) is 2.33. The van der Waals surface area contributed by atoms with E-state index < -0.39 is 17.6 Å². The lowest BCUT2D eigenvalue weighted by atomic mass is 9.99. The molecule has 0 unspecified atom stereocenters. The first-order valence-electron chi connectivity index (χ1n) is 7.31. The van der Waals surface area contributed by atoms with Crippen LogP contribution in [0.5, 0.6) is 0 Å². The van der Waals surface area contributed by atoms with Crippen molar-refractivity contribution in [3.05, 3.63) is 0 Å². The van der Waals surface area contributed by atoms with Crippen molar-refractivity contribution in [2.24, 2.45) is 5.92 Å². The maximum absolute atomic E-state index is 12.1. The van der Waals surface area contributed by atoms with Gasteiger partial charge in [0.25, 0.3) is 0 Å². The predicted molar refractivity (Wildman–Crippen MR) is 78.3 cm³/mol. The van der Waals surface area contributed by atoms with Crippen LogP contribution < -0.4 is 5.32 Å². The van der Waals surface area contributed by atoms with Crippen molar-refractivity contribution in [3.8, 4) is 0 Å². The van der Waals surface area contributed by atoms with Crippen molar-refractivity contribution in [1.82, 2.24) is 5.32 Å². The number of carbonyl (C=O) groups excluding carboxylic acids is 2. The highest BCUT2D eigenvalue weighted by molar-refractivity contribution is 5.85. The zero-order valence-electron chi connectivity index (χ0n) is 13.6. The average molecular weight is 287 g/mol. The summed E-state index contributed by atoms with van der Waals surface area (Å²) >= 11 is 0. The standard InChI is InChI=1S/C15H29NO4/c1-7-9-19-10-12(17)16-13(11(3)8-2)14(18)20-15(4,5)6/h11,13H,7-10H2,1-6H3,(H,16,17)/t11-,13-/m0/s1. The molecule has 0 aromatic heterocycles. The number of rotatable bonds is 8. The molecular formula is C15H29NO4. The van der Waals surface area contributed by atoms with E-state index in [1.165, 1.54) is 0 Å². The van der Waals surface area contributed by atoms with Crippen LogP contribution in [0.3, 0.4) is 0 Å². The van der Waals surface area contributed by atoms with Gasteiger partial charge in [0.2, 0.25) is 5.91 Å². The number of carbonyl (C=O) groups is 2. The Kier molecular flexibility index (Phi) is 8.46. The van der Waals surface area contributed by atoms with E-state index >= 15 is 0 Å². The molecule has 0 aliphatic heterocycles. The molecule has 0 aromatic rings. The quantitative estimate of drug-likeness (QED) is 0.549. The van der Waals surface area contributed by atoms with Crippen LogP contribution in [0, 0.1) is 5.92 Å². The summed E-state index contributed by atoms with van der Waals surface area (Å²) in [5.74, 6) is -0.662. The molecule has 0 bridgehead atoms. The Morgan fingerprint density at radius 1 is 1.20 bits per heavy atom. The van der Waals surface area contributed by atoms with Gasteiger partial charge in [0, 0.05) is 6.61 Å². The van der Waals surface area contributed by atoms with Gasteiger partial charge < -0.3 is 14.8 Å². The van der Waals surface area contributed by atoms with E-state index in [1.54, 1.807) is 0 Å². The van der Waals surface area contributed by atoms with E-state index in [-0.39, 0.29) is 18.4 Å².